The van der Waals surface area contributed by atoms with Gasteiger partial charge in [-0.05, 0) is 45.7 Å². The topological polar surface area (TPSA) is 24.5 Å². The molecule has 0 bridgehead atoms. The van der Waals surface area contributed by atoms with Gasteiger partial charge in [-0.1, -0.05) is 0 Å². The van der Waals surface area contributed by atoms with Gasteiger partial charge in [-0.15, -0.1) is 0 Å². The van der Waals surface area contributed by atoms with Crippen LogP contribution in [-0.4, -0.2) is 55.5 Å². The molecule has 0 aromatic rings. The molecular formula is C13H23F3N2O. The third-order valence-corrected chi connectivity index (χ3v) is 4.01. The lowest BCUT2D eigenvalue weighted by molar-refractivity contribution is -0.148. The predicted molar refractivity (Wildman–Crippen MR) is 67.1 cm³/mol. The Kier molecular flexibility index (Phi) is 5.09. The van der Waals surface area contributed by atoms with Crippen molar-refractivity contribution in [1.29, 1.82) is 0 Å². The third kappa shape index (κ3) is 4.93. The minimum atomic E-state index is -4.08. The summed E-state index contributed by atoms with van der Waals surface area (Å²) in [4.78, 5) is 1.49. The molecule has 2 atom stereocenters. The van der Waals surface area contributed by atoms with E-state index in [1.165, 1.54) is 4.90 Å². The van der Waals surface area contributed by atoms with E-state index in [0.29, 0.717) is 25.2 Å². The zero-order chi connectivity index (χ0) is 13.9. The number of rotatable bonds is 4. The SMILES string of the molecule is CC(NC1CCN(CC(F)(F)F)CC1)C1CCCO1. The highest BCUT2D eigenvalue weighted by Gasteiger charge is 2.33. The first-order valence-corrected chi connectivity index (χ1v) is 7.11. The summed E-state index contributed by atoms with van der Waals surface area (Å²) >= 11 is 0. The van der Waals surface area contributed by atoms with Gasteiger partial charge >= 0.3 is 6.18 Å². The second-order valence-corrected chi connectivity index (χ2v) is 5.67. The molecule has 0 saturated carbocycles. The monoisotopic (exact) mass is 280 g/mol. The van der Waals surface area contributed by atoms with Crippen LogP contribution in [0.4, 0.5) is 13.2 Å². The maximum atomic E-state index is 12.3. The number of halogens is 3. The lowest BCUT2D eigenvalue weighted by Gasteiger charge is -2.35. The highest BCUT2D eigenvalue weighted by atomic mass is 19.4. The number of alkyl halides is 3. The van der Waals surface area contributed by atoms with Gasteiger partial charge in [-0.25, -0.2) is 0 Å². The lowest BCUT2D eigenvalue weighted by atomic mass is 10.0. The maximum absolute atomic E-state index is 12.3. The fourth-order valence-corrected chi connectivity index (χ4v) is 2.99. The molecule has 0 aromatic heterocycles. The van der Waals surface area contributed by atoms with Gasteiger partial charge in [0.15, 0.2) is 0 Å². The number of hydrogen-bond acceptors (Lipinski definition) is 3. The largest absolute Gasteiger partial charge is 0.401 e. The Hall–Kier alpha value is -0.330. The first-order chi connectivity index (χ1) is 8.94. The summed E-state index contributed by atoms with van der Waals surface area (Å²) in [5.41, 5.74) is 0. The molecule has 2 saturated heterocycles. The summed E-state index contributed by atoms with van der Waals surface area (Å²) in [7, 11) is 0. The van der Waals surface area contributed by atoms with Gasteiger partial charge in [0, 0.05) is 18.7 Å². The quantitative estimate of drug-likeness (QED) is 0.854. The van der Waals surface area contributed by atoms with E-state index in [4.69, 9.17) is 4.74 Å². The van der Waals surface area contributed by atoms with Gasteiger partial charge < -0.3 is 10.1 Å². The van der Waals surface area contributed by atoms with Crippen molar-refractivity contribution in [1.82, 2.24) is 10.2 Å². The second kappa shape index (κ2) is 6.41. The van der Waals surface area contributed by atoms with Gasteiger partial charge in [-0.2, -0.15) is 13.2 Å². The zero-order valence-corrected chi connectivity index (χ0v) is 11.4. The van der Waals surface area contributed by atoms with Crippen LogP contribution in [0, 0.1) is 0 Å². The molecule has 2 heterocycles. The van der Waals surface area contributed by atoms with E-state index in [0.717, 1.165) is 32.3 Å². The van der Waals surface area contributed by atoms with Crippen molar-refractivity contribution in [2.75, 3.05) is 26.2 Å². The van der Waals surface area contributed by atoms with Crippen LogP contribution in [0.5, 0.6) is 0 Å². The number of piperidine rings is 1. The molecule has 0 amide bonds. The van der Waals surface area contributed by atoms with Gasteiger partial charge in [0.05, 0.1) is 12.6 Å². The Morgan fingerprint density at radius 1 is 1.26 bits per heavy atom. The zero-order valence-electron chi connectivity index (χ0n) is 11.4. The van der Waals surface area contributed by atoms with Crippen molar-refractivity contribution in [3.05, 3.63) is 0 Å². The molecule has 0 radical (unpaired) electrons. The number of ether oxygens (including phenoxy) is 1. The average Bonchev–Trinajstić information content (AvgIpc) is 2.83. The number of likely N-dealkylation sites (tertiary alicyclic amines) is 1. The molecule has 3 nitrogen and oxygen atoms in total. The molecule has 2 fully saturated rings. The highest BCUT2D eigenvalue weighted by Crippen LogP contribution is 2.21. The van der Waals surface area contributed by atoms with E-state index in [9.17, 15) is 13.2 Å². The minimum absolute atomic E-state index is 0.271. The minimum Gasteiger partial charge on any atom is -0.377 e. The van der Waals surface area contributed by atoms with Crippen molar-refractivity contribution in [2.24, 2.45) is 0 Å². The molecule has 2 aliphatic heterocycles. The Morgan fingerprint density at radius 2 is 1.95 bits per heavy atom. The summed E-state index contributed by atoms with van der Waals surface area (Å²) in [6.07, 6.45) is -0.0407. The first-order valence-electron chi connectivity index (χ1n) is 7.11. The van der Waals surface area contributed by atoms with Crippen LogP contribution in [0.1, 0.15) is 32.6 Å². The van der Waals surface area contributed by atoms with Crippen LogP contribution in [0.2, 0.25) is 0 Å². The van der Waals surface area contributed by atoms with E-state index < -0.39 is 12.7 Å². The van der Waals surface area contributed by atoms with E-state index >= 15 is 0 Å². The van der Waals surface area contributed by atoms with Crippen LogP contribution in [0.25, 0.3) is 0 Å². The van der Waals surface area contributed by atoms with Gasteiger partial charge in [0.25, 0.3) is 0 Å². The molecule has 0 aromatic carbocycles. The molecule has 2 aliphatic rings. The fourth-order valence-electron chi connectivity index (χ4n) is 2.99. The Bertz CT molecular complexity index is 272. The van der Waals surface area contributed by atoms with Crippen LogP contribution >= 0.6 is 0 Å². The van der Waals surface area contributed by atoms with E-state index in [2.05, 4.69) is 12.2 Å². The van der Waals surface area contributed by atoms with E-state index in [1.807, 2.05) is 0 Å². The highest BCUT2D eigenvalue weighted by molar-refractivity contribution is 4.84. The van der Waals surface area contributed by atoms with E-state index in [-0.39, 0.29) is 6.10 Å². The normalized spacial score (nSPS) is 28.7. The number of hydrogen-bond donors (Lipinski definition) is 1. The van der Waals surface area contributed by atoms with Gasteiger partial charge in [0.1, 0.15) is 0 Å². The molecule has 1 N–H and O–H groups in total. The smallest absolute Gasteiger partial charge is 0.377 e. The summed E-state index contributed by atoms with van der Waals surface area (Å²) < 4.78 is 42.5. The predicted octanol–water partition coefficient (Wildman–Crippen LogP) is 2.17. The lowest BCUT2D eigenvalue weighted by Crippen LogP contribution is -2.50. The van der Waals surface area contributed by atoms with Crippen molar-refractivity contribution in [3.8, 4) is 0 Å². The molecule has 2 unspecified atom stereocenters. The van der Waals surface area contributed by atoms with Crippen LogP contribution in [0.15, 0.2) is 0 Å². The van der Waals surface area contributed by atoms with Crippen molar-refractivity contribution in [3.63, 3.8) is 0 Å². The first kappa shape index (κ1) is 15.1. The Morgan fingerprint density at radius 3 is 2.47 bits per heavy atom. The average molecular weight is 280 g/mol. The van der Waals surface area contributed by atoms with Gasteiger partial charge in [-0.3, -0.25) is 4.90 Å². The fraction of sp³-hybridized carbons (Fsp3) is 1.00. The molecule has 6 heteroatoms. The summed E-state index contributed by atoms with van der Waals surface area (Å²) in [6, 6.07) is 0.616. The summed E-state index contributed by atoms with van der Waals surface area (Å²) in [5, 5.41) is 3.51. The van der Waals surface area contributed by atoms with Gasteiger partial charge in [0.2, 0.25) is 0 Å². The molecule has 19 heavy (non-hydrogen) atoms. The maximum Gasteiger partial charge on any atom is 0.401 e. The summed E-state index contributed by atoms with van der Waals surface area (Å²) in [5.74, 6) is 0. The standard InChI is InChI=1S/C13H23F3N2O/c1-10(12-3-2-8-19-12)17-11-4-6-18(7-5-11)9-13(14,15)16/h10-12,17H,2-9H2,1H3. The van der Waals surface area contributed by atoms with Crippen molar-refractivity contribution < 1.29 is 17.9 Å². The molecule has 2 rings (SSSR count). The Balaban J connectivity index is 1.68. The van der Waals surface area contributed by atoms with Crippen molar-refractivity contribution >= 4 is 0 Å². The number of nitrogens with zero attached hydrogens (tertiary/aromatic N) is 1. The Labute approximate surface area is 112 Å². The van der Waals surface area contributed by atoms with Crippen LogP contribution in [-0.2, 0) is 4.74 Å². The van der Waals surface area contributed by atoms with E-state index in [1.54, 1.807) is 0 Å². The molecule has 0 aliphatic carbocycles. The van der Waals surface area contributed by atoms with Crippen LogP contribution < -0.4 is 5.32 Å². The number of nitrogens with one attached hydrogen (secondary N) is 1. The molecule has 112 valence electrons. The summed E-state index contributed by atoms with van der Waals surface area (Å²) in [6.45, 7) is 3.21. The second-order valence-electron chi connectivity index (χ2n) is 5.67. The third-order valence-electron chi connectivity index (χ3n) is 4.01. The van der Waals surface area contributed by atoms with Crippen LogP contribution in [0.3, 0.4) is 0 Å². The van der Waals surface area contributed by atoms with Crippen molar-refractivity contribution in [2.45, 2.75) is 57.0 Å². The molecule has 0 spiro atoms. The molecular weight excluding hydrogens is 257 g/mol.